The van der Waals surface area contributed by atoms with Gasteiger partial charge < -0.3 is 20.6 Å². The van der Waals surface area contributed by atoms with Gasteiger partial charge in [0.05, 0.1) is 4.88 Å². The molecule has 0 spiro atoms. The first kappa shape index (κ1) is 15.0. The predicted molar refractivity (Wildman–Crippen MR) is 77.5 cm³/mol. The zero-order valence-electron chi connectivity index (χ0n) is 11.2. The number of piperazine rings is 1. The lowest BCUT2D eigenvalue weighted by atomic mass is 10.3. The van der Waals surface area contributed by atoms with E-state index >= 15 is 0 Å². The van der Waals surface area contributed by atoms with Gasteiger partial charge in [-0.1, -0.05) is 0 Å². The average Bonchev–Trinajstić information content (AvgIpc) is 2.94. The Hall–Kier alpha value is -1.44. The Morgan fingerprint density at radius 3 is 2.65 bits per heavy atom. The zero-order valence-corrected chi connectivity index (χ0v) is 12.0. The lowest BCUT2D eigenvalue weighted by Crippen LogP contribution is -2.44. The van der Waals surface area contributed by atoms with Crippen LogP contribution in [0, 0.1) is 0 Å². The third-order valence-corrected chi connectivity index (χ3v) is 4.26. The Balaban J connectivity index is 1.67. The molecule has 0 aliphatic carbocycles. The van der Waals surface area contributed by atoms with Gasteiger partial charge >= 0.3 is 5.97 Å². The van der Waals surface area contributed by atoms with E-state index in [1.54, 1.807) is 6.07 Å². The van der Waals surface area contributed by atoms with Crippen molar-refractivity contribution in [3.63, 3.8) is 0 Å². The van der Waals surface area contributed by atoms with Crippen LogP contribution in [-0.2, 0) is 0 Å². The van der Waals surface area contributed by atoms with Gasteiger partial charge in [-0.2, -0.15) is 0 Å². The van der Waals surface area contributed by atoms with Gasteiger partial charge in [-0.25, -0.2) is 4.79 Å². The number of hydrogen-bond acceptors (Lipinski definition) is 5. The molecular formula is C13H19N3O3S. The van der Waals surface area contributed by atoms with Crippen molar-refractivity contribution < 1.29 is 14.7 Å². The number of hydrogen-bond donors (Lipinski definition) is 3. The van der Waals surface area contributed by atoms with Crippen LogP contribution in [0.1, 0.15) is 25.8 Å². The molecule has 1 aromatic heterocycles. The fourth-order valence-corrected chi connectivity index (χ4v) is 2.86. The second-order valence-electron chi connectivity index (χ2n) is 4.67. The summed E-state index contributed by atoms with van der Waals surface area (Å²) in [7, 11) is 0. The number of thiophene rings is 1. The molecule has 0 aromatic carbocycles. The molecule has 6 nitrogen and oxygen atoms in total. The fourth-order valence-electron chi connectivity index (χ4n) is 2.10. The van der Waals surface area contributed by atoms with Crippen LogP contribution in [0.15, 0.2) is 12.1 Å². The van der Waals surface area contributed by atoms with E-state index in [1.165, 1.54) is 6.07 Å². The minimum Gasteiger partial charge on any atom is -0.477 e. The van der Waals surface area contributed by atoms with Crippen molar-refractivity contribution in [1.29, 1.82) is 0 Å². The summed E-state index contributed by atoms with van der Waals surface area (Å²) in [6.07, 6.45) is 0.906. The fraction of sp³-hybridized carbons (Fsp3) is 0.538. The smallest absolute Gasteiger partial charge is 0.345 e. The number of carboxylic acid groups (broad SMARTS) is 1. The maximum atomic E-state index is 11.8. The highest BCUT2D eigenvalue weighted by atomic mass is 32.1. The molecule has 0 atom stereocenters. The Bertz CT molecular complexity index is 469. The molecule has 2 rings (SSSR count). The molecule has 2 heterocycles. The number of aromatic carboxylic acids is 1. The minimum atomic E-state index is -0.993. The highest BCUT2D eigenvalue weighted by Crippen LogP contribution is 2.16. The topological polar surface area (TPSA) is 81.7 Å². The third kappa shape index (κ3) is 4.29. The van der Waals surface area contributed by atoms with Crippen molar-refractivity contribution >= 4 is 23.2 Å². The first-order chi connectivity index (χ1) is 9.66. The summed E-state index contributed by atoms with van der Waals surface area (Å²) in [6.45, 7) is 5.76. The zero-order chi connectivity index (χ0) is 14.4. The van der Waals surface area contributed by atoms with E-state index in [0.29, 0.717) is 11.4 Å². The number of carbonyl (C=O) groups excluding carboxylic acids is 1. The van der Waals surface area contributed by atoms with Crippen LogP contribution in [0.5, 0.6) is 0 Å². The van der Waals surface area contributed by atoms with E-state index in [9.17, 15) is 9.59 Å². The quantitative estimate of drug-likeness (QED) is 0.665. The number of carboxylic acids is 1. The Morgan fingerprint density at radius 1 is 1.30 bits per heavy atom. The summed E-state index contributed by atoms with van der Waals surface area (Å²) in [6, 6.07) is 3.02. The Kier molecular flexibility index (Phi) is 5.51. The highest BCUT2D eigenvalue weighted by Gasteiger charge is 2.13. The van der Waals surface area contributed by atoms with Crippen molar-refractivity contribution in [3.05, 3.63) is 21.9 Å². The summed E-state index contributed by atoms with van der Waals surface area (Å²) in [5.41, 5.74) is 0. The van der Waals surface area contributed by atoms with E-state index in [0.717, 1.165) is 50.5 Å². The van der Waals surface area contributed by atoms with Gasteiger partial charge in [-0.15, -0.1) is 11.3 Å². The number of nitrogens with one attached hydrogen (secondary N) is 2. The highest BCUT2D eigenvalue weighted by molar-refractivity contribution is 7.15. The molecule has 0 unspecified atom stereocenters. The molecule has 1 saturated heterocycles. The van der Waals surface area contributed by atoms with Crippen LogP contribution < -0.4 is 10.6 Å². The monoisotopic (exact) mass is 297 g/mol. The second kappa shape index (κ2) is 7.37. The van der Waals surface area contributed by atoms with E-state index in [4.69, 9.17) is 5.11 Å². The maximum absolute atomic E-state index is 11.8. The minimum absolute atomic E-state index is 0.191. The molecule has 1 aliphatic rings. The summed E-state index contributed by atoms with van der Waals surface area (Å²) < 4.78 is 0. The molecule has 7 heteroatoms. The first-order valence-corrected chi connectivity index (χ1v) is 7.53. The van der Waals surface area contributed by atoms with Gasteiger partial charge in [0.2, 0.25) is 0 Å². The standard InChI is InChI=1S/C13H19N3O3S/c17-12(10-2-3-11(20-10)13(18)19)15-4-1-7-16-8-5-14-6-9-16/h2-3,14H,1,4-9H2,(H,15,17)(H,18,19). The van der Waals surface area contributed by atoms with E-state index in [1.807, 2.05) is 0 Å². The van der Waals surface area contributed by atoms with Crippen molar-refractivity contribution in [1.82, 2.24) is 15.5 Å². The van der Waals surface area contributed by atoms with Crippen molar-refractivity contribution in [2.75, 3.05) is 39.3 Å². The lowest BCUT2D eigenvalue weighted by molar-refractivity contribution is 0.0702. The van der Waals surface area contributed by atoms with Crippen molar-refractivity contribution in [3.8, 4) is 0 Å². The lowest BCUT2D eigenvalue weighted by Gasteiger charge is -2.27. The molecule has 1 aromatic rings. The molecule has 1 amide bonds. The number of rotatable bonds is 6. The van der Waals surface area contributed by atoms with Gasteiger partial charge in [0.25, 0.3) is 5.91 Å². The SMILES string of the molecule is O=C(O)c1ccc(C(=O)NCCCN2CCNCC2)s1. The van der Waals surface area contributed by atoms with E-state index < -0.39 is 5.97 Å². The summed E-state index contributed by atoms with van der Waals surface area (Å²) >= 11 is 1.00. The molecule has 0 bridgehead atoms. The van der Waals surface area contributed by atoms with Crippen LogP contribution in [0.3, 0.4) is 0 Å². The molecule has 110 valence electrons. The molecular weight excluding hydrogens is 278 g/mol. The first-order valence-electron chi connectivity index (χ1n) is 6.71. The van der Waals surface area contributed by atoms with Crippen LogP contribution in [-0.4, -0.2) is 61.2 Å². The normalized spacial score (nSPS) is 16.0. The molecule has 0 saturated carbocycles. The average molecular weight is 297 g/mol. The van der Waals surface area contributed by atoms with Gasteiger partial charge in [-0.3, -0.25) is 4.79 Å². The third-order valence-electron chi connectivity index (χ3n) is 3.19. The van der Waals surface area contributed by atoms with Gasteiger partial charge in [0.1, 0.15) is 4.88 Å². The number of nitrogens with zero attached hydrogens (tertiary/aromatic N) is 1. The van der Waals surface area contributed by atoms with E-state index in [-0.39, 0.29) is 10.8 Å². The number of carbonyl (C=O) groups is 2. The van der Waals surface area contributed by atoms with Crippen molar-refractivity contribution in [2.45, 2.75) is 6.42 Å². The molecule has 0 radical (unpaired) electrons. The summed E-state index contributed by atoms with van der Waals surface area (Å²) in [4.78, 5) is 25.6. The molecule has 20 heavy (non-hydrogen) atoms. The summed E-state index contributed by atoms with van der Waals surface area (Å²) in [5, 5.41) is 14.9. The van der Waals surface area contributed by atoms with E-state index in [2.05, 4.69) is 15.5 Å². The molecule has 3 N–H and O–H groups in total. The predicted octanol–water partition coefficient (Wildman–Crippen LogP) is 0.471. The molecule has 1 fully saturated rings. The van der Waals surface area contributed by atoms with Gasteiger partial charge in [0.15, 0.2) is 0 Å². The largest absolute Gasteiger partial charge is 0.477 e. The van der Waals surface area contributed by atoms with Crippen LogP contribution >= 0.6 is 11.3 Å². The van der Waals surface area contributed by atoms with Crippen LogP contribution in [0.25, 0.3) is 0 Å². The Morgan fingerprint density at radius 2 is 2.00 bits per heavy atom. The number of amides is 1. The Labute approximate surface area is 121 Å². The summed E-state index contributed by atoms with van der Waals surface area (Å²) in [5.74, 6) is -1.18. The van der Waals surface area contributed by atoms with Gasteiger partial charge in [-0.05, 0) is 25.1 Å². The van der Waals surface area contributed by atoms with Gasteiger partial charge in [0, 0.05) is 32.7 Å². The maximum Gasteiger partial charge on any atom is 0.345 e. The van der Waals surface area contributed by atoms with Crippen LogP contribution in [0.4, 0.5) is 0 Å². The van der Waals surface area contributed by atoms with Crippen molar-refractivity contribution in [2.24, 2.45) is 0 Å². The van der Waals surface area contributed by atoms with Crippen LogP contribution in [0.2, 0.25) is 0 Å². The molecule has 1 aliphatic heterocycles. The second-order valence-corrected chi connectivity index (χ2v) is 5.75.